The van der Waals surface area contributed by atoms with Gasteiger partial charge in [0.05, 0.1) is 0 Å². The molecule has 0 spiro atoms. The number of nitrogens with one attached hydrogen (secondary N) is 1. The van der Waals surface area contributed by atoms with E-state index in [9.17, 15) is 4.79 Å². The highest BCUT2D eigenvalue weighted by Gasteiger charge is 2.00. The molecule has 3 aromatic rings. The van der Waals surface area contributed by atoms with Crippen molar-refractivity contribution >= 4 is 12.2 Å². The van der Waals surface area contributed by atoms with E-state index in [0.29, 0.717) is 6.54 Å². The molecule has 0 saturated heterocycles. The third kappa shape index (κ3) is 6.36. The molecule has 0 aliphatic rings. The van der Waals surface area contributed by atoms with Gasteiger partial charge in [-0.15, -0.1) is 0 Å². The lowest BCUT2D eigenvalue weighted by Gasteiger charge is -2.06. The highest BCUT2D eigenvalue weighted by Crippen LogP contribution is 2.21. The molecular weight excluding hydrogens is 338 g/mol. The molecule has 0 atom stereocenters. The molecule has 27 heavy (non-hydrogen) atoms. The normalized spacial score (nSPS) is 10.5. The zero-order valence-electron chi connectivity index (χ0n) is 14.9. The molecule has 3 aromatic carbocycles. The SMILES string of the molecule is O=C(NCC=Cc1ccc(Oc2ccccc2)cc1)OCc1ccccc1. The largest absolute Gasteiger partial charge is 0.457 e. The van der Waals surface area contributed by atoms with Crippen molar-refractivity contribution in [3.05, 3.63) is 102 Å². The second-order valence-corrected chi connectivity index (χ2v) is 5.83. The summed E-state index contributed by atoms with van der Waals surface area (Å²) < 4.78 is 10.9. The van der Waals surface area contributed by atoms with Gasteiger partial charge in [-0.2, -0.15) is 0 Å². The van der Waals surface area contributed by atoms with Crippen LogP contribution in [0.1, 0.15) is 11.1 Å². The molecule has 4 heteroatoms. The zero-order valence-corrected chi connectivity index (χ0v) is 14.9. The number of carbonyl (C=O) groups is 1. The lowest BCUT2D eigenvalue weighted by atomic mass is 10.2. The summed E-state index contributed by atoms with van der Waals surface area (Å²) in [6, 6.07) is 27.0. The molecule has 0 aliphatic heterocycles. The Balaban J connectivity index is 1.39. The molecule has 0 bridgehead atoms. The van der Waals surface area contributed by atoms with E-state index in [1.165, 1.54) is 0 Å². The molecule has 0 saturated carbocycles. The number of para-hydroxylation sites is 1. The predicted molar refractivity (Wildman–Crippen MR) is 107 cm³/mol. The van der Waals surface area contributed by atoms with Crippen LogP contribution in [-0.4, -0.2) is 12.6 Å². The summed E-state index contributed by atoms with van der Waals surface area (Å²) in [6.07, 6.45) is 3.37. The van der Waals surface area contributed by atoms with Gasteiger partial charge in [0.15, 0.2) is 0 Å². The minimum Gasteiger partial charge on any atom is -0.457 e. The first kappa shape index (κ1) is 18.3. The van der Waals surface area contributed by atoms with E-state index in [0.717, 1.165) is 22.6 Å². The van der Waals surface area contributed by atoms with E-state index >= 15 is 0 Å². The minimum absolute atomic E-state index is 0.263. The van der Waals surface area contributed by atoms with Crippen LogP contribution in [0.25, 0.3) is 6.08 Å². The molecule has 0 heterocycles. The summed E-state index contributed by atoms with van der Waals surface area (Å²) in [6.45, 7) is 0.662. The van der Waals surface area contributed by atoms with Gasteiger partial charge in [0, 0.05) is 6.54 Å². The van der Waals surface area contributed by atoms with E-state index in [2.05, 4.69) is 5.32 Å². The summed E-state index contributed by atoms with van der Waals surface area (Å²) in [5.74, 6) is 1.58. The van der Waals surface area contributed by atoms with E-state index in [1.54, 1.807) is 0 Å². The second-order valence-electron chi connectivity index (χ2n) is 5.83. The Hall–Kier alpha value is -3.53. The van der Waals surface area contributed by atoms with Crippen LogP contribution in [0.2, 0.25) is 0 Å². The standard InChI is InChI=1S/C23H21NO3/c25-23(26-18-20-8-3-1-4-9-20)24-17-7-10-19-13-15-22(16-14-19)27-21-11-5-2-6-12-21/h1-16H,17-18H2,(H,24,25). The lowest BCUT2D eigenvalue weighted by Crippen LogP contribution is -2.24. The van der Waals surface area contributed by atoms with Crippen molar-refractivity contribution in [2.24, 2.45) is 0 Å². The first-order chi connectivity index (χ1) is 13.3. The van der Waals surface area contributed by atoms with Crippen LogP contribution in [-0.2, 0) is 11.3 Å². The third-order valence-electron chi connectivity index (χ3n) is 3.75. The summed E-state index contributed by atoms with van der Waals surface area (Å²) in [7, 11) is 0. The van der Waals surface area contributed by atoms with Gasteiger partial charge < -0.3 is 14.8 Å². The summed E-state index contributed by atoms with van der Waals surface area (Å²) in [4.78, 5) is 11.7. The number of carbonyl (C=O) groups excluding carboxylic acids is 1. The fourth-order valence-corrected chi connectivity index (χ4v) is 2.38. The second kappa shape index (κ2) is 9.82. The predicted octanol–water partition coefficient (Wildman–Crippen LogP) is 5.42. The summed E-state index contributed by atoms with van der Waals surface area (Å²) in [5.41, 5.74) is 1.98. The molecule has 0 unspecified atom stereocenters. The van der Waals surface area contributed by atoms with E-state index in [1.807, 2.05) is 97.1 Å². The van der Waals surface area contributed by atoms with Crippen LogP contribution in [0.4, 0.5) is 4.79 Å². The molecule has 136 valence electrons. The summed E-state index contributed by atoms with van der Waals surface area (Å²) >= 11 is 0. The molecule has 1 N–H and O–H groups in total. The van der Waals surface area contributed by atoms with Crippen molar-refractivity contribution in [2.45, 2.75) is 6.61 Å². The highest BCUT2D eigenvalue weighted by atomic mass is 16.5. The Morgan fingerprint density at radius 2 is 1.44 bits per heavy atom. The molecule has 0 aliphatic carbocycles. The lowest BCUT2D eigenvalue weighted by molar-refractivity contribution is 0.141. The molecule has 4 nitrogen and oxygen atoms in total. The monoisotopic (exact) mass is 359 g/mol. The van der Waals surface area contributed by atoms with E-state index < -0.39 is 6.09 Å². The fourth-order valence-electron chi connectivity index (χ4n) is 2.38. The fraction of sp³-hybridized carbons (Fsp3) is 0.0870. The third-order valence-corrected chi connectivity index (χ3v) is 3.75. The quantitative estimate of drug-likeness (QED) is 0.613. The van der Waals surface area contributed by atoms with Gasteiger partial charge in [-0.3, -0.25) is 0 Å². The van der Waals surface area contributed by atoms with Gasteiger partial charge >= 0.3 is 6.09 Å². The summed E-state index contributed by atoms with van der Waals surface area (Å²) in [5, 5.41) is 2.69. The van der Waals surface area contributed by atoms with Crippen LogP contribution >= 0.6 is 0 Å². The topological polar surface area (TPSA) is 47.6 Å². The number of benzene rings is 3. The highest BCUT2D eigenvalue weighted by molar-refractivity contribution is 5.67. The van der Waals surface area contributed by atoms with Gasteiger partial charge in [0.1, 0.15) is 18.1 Å². The van der Waals surface area contributed by atoms with Crippen molar-refractivity contribution < 1.29 is 14.3 Å². The number of alkyl carbamates (subject to hydrolysis) is 1. The maximum absolute atomic E-state index is 11.7. The van der Waals surface area contributed by atoms with Crippen LogP contribution in [0.5, 0.6) is 11.5 Å². The van der Waals surface area contributed by atoms with Gasteiger partial charge in [0.25, 0.3) is 0 Å². The molecule has 1 amide bonds. The van der Waals surface area contributed by atoms with Crippen LogP contribution in [0, 0.1) is 0 Å². The average Bonchev–Trinajstić information content (AvgIpc) is 2.72. The molecule has 0 aromatic heterocycles. The minimum atomic E-state index is -0.435. The number of amides is 1. The molecular formula is C23H21NO3. The first-order valence-corrected chi connectivity index (χ1v) is 8.74. The number of rotatable bonds is 7. The maximum Gasteiger partial charge on any atom is 0.407 e. The van der Waals surface area contributed by atoms with Crippen molar-refractivity contribution in [3.8, 4) is 11.5 Å². The van der Waals surface area contributed by atoms with Gasteiger partial charge in [-0.25, -0.2) is 4.79 Å². The average molecular weight is 359 g/mol. The van der Waals surface area contributed by atoms with Crippen molar-refractivity contribution in [3.63, 3.8) is 0 Å². The van der Waals surface area contributed by atoms with Crippen molar-refractivity contribution in [1.29, 1.82) is 0 Å². The molecule has 0 radical (unpaired) electrons. The zero-order chi connectivity index (χ0) is 18.7. The van der Waals surface area contributed by atoms with Gasteiger partial charge in [-0.1, -0.05) is 72.8 Å². The number of hydrogen-bond acceptors (Lipinski definition) is 3. The number of hydrogen-bond donors (Lipinski definition) is 1. The van der Waals surface area contributed by atoms with Crippen LogP contribution < -0.4 is 10.1 Å². The first-order valence-electron chi connectivity index (χ1n) is 8.74. The van der Waals surface area contributed by atoms with Gasteiger partial charge in [-0.05, 0) is 35.4 Å². The van der Waals surface area contributed by atoms with Gasteiger partial charge in [0.2, 0.25) is 0 Å². The molecule has 3 rings (SSSR count). The Morgan fingerprint density at radius 3 is 2.15 bits per heavy atom. The Kier molecular flexibility index (Phi) is 6.65. The number of ether oxygens (including phenoxy) is 2. The Morgan fingerprint density at radius 1 is 0.815 bits per heavy atom. The maximum atomic E-state index is 11.7. The van der Waals surface area contributed by atoms with Crippen LogP contribution in [0.3, 0.4) is 0 Å². The van der Waals surface area contributed by atoms with E-state index in [-0.39, 0.29) is 6.61 Å². The van der Waals surface area contributed by atoms with Crippen molar-refractivity contribution in [1.82, 2.24) is 5.32 Å². The van der Waals surface area contributed by atoms with E-state index in [4.69, 9.17) is 9.47 Å². The van der Waals surface area contributed by atoms with Crippen LogP contribution in [0.15, 0.2) is 91.0 Å². The smallest absolute Gasteiger partial charge is 0.407 e. The molecule has 0 fully saturated rings. The Bertz CT molecular complexity index is 859. The van der Waals surface area contributed by atoms with Crippen molar-refractivity contribution in [2.75, 3.05) is 6.54 Å². The Labute approximate surface area is 159 Å².